The fourth-order valence-electron chi connectivity index (χ4n) is 2.45. The van der Waals surface area contributed by atoms with Crippen LogP contribution in [-0.4, -0.2) is 22.8 Å². The van der Waals surface area contributed by atoms with Crippen LogP contribution in [0.15, 0.2) is 33.9 Å². The molecule has 1 saturated heterocycles. The van der Waals surface area contributed by atoms with Crippen LogP contribution in [0.1, 0.15) is 12.5 Å². The van der Waals surface area contributed by atoms with E-state index in [1.165, 1.54) is 24.3 Å². The van der Waals surface area contributed by atoms with Gasteiger partial charge in [0.25, 0.3) is 5.56 Å². The van der Waals surface area contributed by atoms with E-state index in [0.29, 0.717) is 25.2 Å². The second kappa shape index (κ2) is 5.46. The van der Waals surface area contributed by atoms with Gasteiger partial charge in [0.1, 0.15) is 11.0 Å². The summed E-state index contributed by atoms with van der Waals surface area (Å²) in [5.41, 5.74) is -0.448. The van der Waals surface area contributed by atoms with Crippen LogP contribution < -0.4 is 11.2 Å². The zero-order valence-corrected chi connectivity index (χ0v) is 11.7. The molecule has 1 aromatic heterocycles. The summed E-state index contributed by atoms with van der Waals surface area (Å²) in [4.78, 5) is 27.0. The molecule has 21 heavy (non-hydrogen) atoms. The van der Waals surface area contributed by atoms with Gasteiger partial charge in [0, 0.05) is 6.61 Å². The first kappa shape index (κ1) is 14.0. The molecule has 0 saturated carbocycles. The summed E-state index contributed by atoms with van der Waals surface area (Å²) in [6.07, 6.45) is 0.591. The van der Waals surface area contributed by atoms with Crippen molar-refractivity contribution >= 4 is 11.6 Å². The van der Waals surface area contributed by atoms with Gasteiger partial charge in [-0.15, -0.1) is 0 Å². The average Bonchev–Trinajstić information content (AvgIpc) is 2.94. The second-order valence-corrected chi connectivity index (χ2v) is 5.20. The van der Waals surface area contributed by atoms with E-state index in [4.69, 9.17) is 16.3 Å². The topological polar surface area (TPSA) is 64.1 Å². The number of H-pyrrole nitrogens is 1. The Bertz CT molecular complexity index is 776. The first-order chi connectivity index (χ1) is 10.1. The maximum absolute atomic E-state index is 13.0. The molecule has 0 radical (unpaired) electrons. The number of rotatable bonds is 2. The highest BCUT2D eigenvalue weighted by Crippen LogP contribution is 2.23. The first-order valence-electron chi connectivity index (χ1n) is 6.46. The monoisotopic (exact) mass is 310 g/mol. The molecule has 1 aliphatic rings. The van der Waals surface area contributed by atoms with Crippen LogP contribution in [0.25, 0.3) is 11.1 Å². The van der Waals surface area contributed by atoms with E-state index in [9.17, 15) is 14.0 Å². The molecule has 5 nitrogen and oxygen atoms in total. The Morgan fingerprint density at radius 2 is 2.00 bits per heavy atom. The summed E-state index contributed by atoms with van der Waals surface area (Å²) >= 11 is 5.99. The summed E-state index contributed by atoms with van der Waals surface area (Å²) in [7, 11) is 0. The third-order valence-corrected chi connectivity index (χ3v) is 3.77. The molecule has 0 spiro atoms. The molecule has 1 aromatic carbocycles. The minimum Gasteiger partial charge on any atom is -0.379 e. The third-order valence-electron chi connectivity index (χ3n) is 3.49. The fourth-order valence-corrected chi connectivity index (χ4v) is 2.72. The van der Waals surface area contributed by atoms with Crippen molar-refractivity contribution in [2.24, 2.45) is 0 Å². The van der Waals surface area contributed by atoms with Gasteiger partial charge >= 0.3 is 5.69 Å². The van der Waals surface area contributed by atoms with Crippen molar-refractivity contribution in [3.8, 4) is 11.1 Å². The van der Waals surface area contributed by atoms with E-state index in [0.717, 1.165) is 4.57 Å². The van der Waals surface area contributed by atoms with Crippen LogP contribution >= 0.6 is 11.6 Å². The Morgan fingerprint density at radius 1 is 1.29 bits per heavy atom. The van der Waals surface area contributed by atoms with Gasteiger partial charge in [-0.1, -0.05) is 23.7 Å². The molecule has 2 aromatic rings. The lowest BCUT2D eigenvalue weighted by Crippen LogP contribution is -2.39. The van der Waals surface area contributed by atoms with Crippen LogP contribution in [-0.2, 0) is 4.74 Å². The van der Waals surface area contributed by atoms with Gasteiger partial charge in [-0.2, -0.15) is 0 Å². The van der Waals surface area contributed by atoms with Crippen LogP contribution in [0, 0.1) is 5.82 Å². The number of benzene rings is 1. The summed E-state index contributed by atoms with van der Waals surface area (Å²) in [6, 6.07) is 5.06. The zero-order valence-electron chi connectivity index (χ0n) is 10.9. The maximum Gasteiger partial charge on any atom is 0.329 e. The van der Waals surface area contributed by atoms with Crippen molar-refractivity contribution in [1.82, 2.24) is 9.55 Å². The number of hydrogen-bond donors (Lipinski definition) is 1. The lowest BCUT2D eigenvalue weighted by Gasteiger charge is -2.13. The summed E-state index contributed by atoms with van der Waals surface area (Å²) in [5, 5.41) is -0.0493. The molecule has 1 N–H and O–H groups in total. The maximum atomic E-state index is 13.0. The number of nitrogens with one attached hydrogen (secondary N) is 1. The van der Waals surface area contributed by atoms with E-state index in [1.54, 1.807) is 0 Å². The minimum absolute atomic E-state index is 0.0493. The molecule has 0 amide bonds. The van der Waals surface area contributed by atoms with E-state index in [-0.39, 0.29) is 16.8 Å². The summed E-state index contributed by atoms with van der Waals surface area (Å²) < 4.78 is 19.3. The Hall–Kier alpha value is -1.92. The van der Waals surface area contributed by atoms with Gasteiger partial charge in [-0.05, 0) is 24.1 Å². The van der Waals surface area contributed by atoms with Gasteiger partial charge in [0.2, 0.25) is 0 Å². The third kappa shape index (κ3) is 2.52. The van der Waals surface area contributed by atoms with Gasteiger partial charge in [-0.3, -0.25) is 14.3 Å². The molecule has 1 aliphatic heterocycles. The Morgan fingerprint density at radius 3 is 2.62 bits per heavy atom. The predicted molar refractivity (Wildman–Crippen MR) is 76.2 cm³/mol. The van der Waals surface area contributed by atoms with E-state index < -0.39 is 17.1 Å². The number of aromatic nitrogens is 2. The highest BCUT2D eigenvalue weighted by molar-refractivity contribution is 6.32. The molecule has 2 heterocycles. The lowest BCUT2D eigenvalue weighted by atomic mass is 10.1. The van der Waals surface area contributed by atoms with Gasteiger partial charge in [0.15, 0.2) is 0 Å². The molecule has 3 rings (SSSR count). The standard InChI is InChI=1S/C14H12ClFN2O3/c15-12-11(8-1-3-9(16)4-2-8)13(19)18(14(20)17-12)10-5-6-21-7-10/h1-4,10H,5-7H2,(H,17,20). The van der Waals surface area contributed by atoms with Crippen LogP contribution in [0.5, 0.6) is 0 Å². The van der Waals surface area contributed by atoms with E-state index in [1.807, 2.05) is 0 Å². The average molecular weight is 311 g/mol. The Labute approximate surface area is 123 Å². The van der Waals surface area contributed by atoms with E-state index >= 15 is 0 Å². The molecule has 1 unspecified atom stereocenters. The van der Waals surface area contributed by atoms with Crippen LogP contribution in [0.3, 0.4) is 0 Å². The summed E-state index contributed by atoms with van der Waals surface area (Å²) in [5.74, 6) is -0.413. The Kier molecular flexibility index (Phi) is 3.65. The molecular formula is C14H12ClFN2O3. The molecule has 1 atom stereocenters. The quantitative estimate of drug-likeness (QED) is 0.862. The highest BCUT2D eigenvalue weighted by Gasteiger charge is 2.24. The van der Waals surface area contributed by atoms with Crippen molar-refractivity contribution in [2.75, 3.05) is 13.2 Å². The zero-order chi connectivity index (χ0) is 15.0. The predicted octanol–water partition coefficient (Wildman–Crippen LogP) is 1.96. The number of ether oxygens (including phenoxy) is 1. The largest absolute Gasteiger partial charge is 0.379 e. The van der Waals surface area contributed by atoms with Crippen LogP contribution in [0.4, 0.5) is 4.39 Å². The van der Waals surface area contributed by atoms with Crippen molar-refractivity contribution in [2.45, 2.75) is 12.5 Å². The Balaban J connectivity index is 2.21. The fraction of sp³-hybridized carbons (Fsp3) is 0.286. The van der Waals surface area contributed by atoms with Gasteiger partial charge in [0.05, 0.1) is 18.2 Å². The smallest absolute Gasteiger partial charge is 0.329 e. The van der Waals surface area contributed by atoms with Gasteiger partial charge < -0.3 is 4.74 Å². The van der Waals surface area contributed by atoms with Crippen molar-refractivity contribution in [1.29, 1.82) is 0 Å². The number of hydrogen-bond acceptors (Lipinski definition) is 3. The number of nitrogens with zero attached hydrogens (tertiary/aromatic N) is 1. The molecular weight excluding hydrogens is 299 g/mol. The molecule has 7 heteroatoms. The summed E-state index contributed by atoms with van der Waals surface area (Å²) in [6.45, 7) is 0.818. The van der Waals surface area contributed by atoms with Crippen molar-refractivity contribution in [3.63, 3.8) is 0 Å². The van der Waals surface area contributed by atoms with Crippen LogP contribution in [0.2, 0.25) is 5.15 Å². The SMILES string of the molecule is O=c1[nH]c(Cl)c(-c2ccc(F)cc2)c(=O)n1C1CCOC1. The number of halogens is 2. The van der Waals surface area contributed by atoms with E-state index in [2.05, 4.69) is 4.98 Å². The highest BCUT2D eigenvalue weighted by atomic mass is 35.5. The second-order valence-electron chi connectivity index (χ2n) is 4.82. The van der Waals surface area contributed by atoms with Crippen molar-refractivity contribution in [3.05, 3.63) is 56.1 Å². The molecule has 1 fully saturated rings. The molecule has 110 valence electrons. The lowest BCUT2D eigenvalue weighted by molar-refractivity contribution is 0.185. The number of aromatic amines is 1. The molecule has 0 bridgehead atoms. The van der Waals surface area contributed by atoms with Crippen molar-refractivity contribution < 1.29 is 9.13 Å². The normalized spacial score (nSPS) is 18.1. The van der Waals surface area contributed by atoms with Gasteiger partial charge in [-0.25, -0.2) is 9.18 Å². The molecule has 0 aliphatic carbocycles. The first-order valence-corrected chi connectivity index (χ1v) is 6.83. The minimum atomic E-state index is -0.564.